The van der Waals surface area contributed by atoms with E-state index in [0.717, 1.165) is 16.7 Å². The lowest BCUT2D eigenvalue weighted by atomic mass is 10.1. The lowest BCUT2D eigenvalue weighted by molar-refractivity contribution is -0.137. The van der Waals surface area contributed by atoms with Crippen LogP contribution in [0.25, 0.3) is 23.0 Å². The van der Waals surface area contributed by atoms with Crippen molar-refractivity contribution in [3.8, 4) is 11.3 Å². The van der Waals surface area contributed by atoms with Gasteiger partial charge in [-0.2, -0.15) is 5.10 Å². The Morgan fingerprint density at radius 2 is 2.00 bits per heavy atom. The number of imidazole rings is 1. The number of nitrogens with one attached hydrogen (secondary N) is 1. The van der Waals surface area contributed by atoms with Crippen molar-refractivity contribution < 1.29 is 14.3 Å². The minimum Gasteiger partial charge on any atom is -0.463 e. The predicted octanol–water partition coefficient (Wildman–Crippen LogP) is 5.19. The fraction of sp³-hybridized carbons (Fsp3) is 0.120. The summed E-state index contributed by atoms with van der Waals surface area (Å²) in [6.07, 6.45) is 4.74. The van der Waals surface area contributed by atoms with Gasteiger partial charge in [0.15, 0.2) is 5.65 Å². The molecule has 0 radical (unpaired) electrons. The SMILES string of the molecule is CCOC(=O)/C=C/c1cccc(C(=O)Nc2cc(-c3cn4nc(Cl)ccc4n3)ccc2C)c1. The number of aromatic nitrogens is 3. The van der Waals surface area contributed by atoms with Crippen molar-refractivity contribution in [3.05, 3.63) is 88.7 Å². The maximum atomic E-state index is 12.9. The van der Waals surface area contributed by atoms with Crippen LogP contribution in [0.2, 0.25) is 5.15 Å². The smallest absolute Gasteiger partial charge is 0.330 e. The van der Waals surface area contributed by atoms with Gasteiger partial charge >= 0.3 is 5.97 Å². The average molecular weight is 461 g/mol. The number of ether oxygens (including phenoxy) is 1. The second-order valence-electron chi connectivity index (χ2n) is 7.28. The maximum Gasteiger partial charge on any atom is 0.330 e. The Hall–Kier alpha value is -3.97. The Kier molecular flexibility index (Phi) is 6.51. The first-order valence-corrected chi connectivity index (χ1v) is 10.7. The molecule has 0 spiro atoms. The number of esters is 1. The zero-order chi connectivity index (χ0) is 23.4. The quantitative estimate of drug-likeness (QED) is 0.316. The van der Waals surface area contributed by atoms with E-state index in [4.69, 9.17) is 16.3 Å². The highest BCUT2D eigenvalue weighted by atomic mass is 35.5. The Balaban J connectivity index is 1.56. The highest BCUT2D eigenvalue weighted by Crippen LogP contribution is 2.26. The van der Waals surface area contributed by atoms with Crippen LogP contribution in [0.5, 0.6) is 0 Å². The Labute approximate surface area is 195 Å². The van der Waals surface area contributed by atoms with E-state index in [1.807, 2.05) is 31.2 Å². The zero-order valence-electron chi connectivity index (χ0n) is 18.1. The summed E-state index contributed by atoms with van der Waals surface area (Å²) in [7, 11) is 0. The molecule has 4 rings (SSSR count). The first-order chi connectivity index (χ1) is 15.9. The fourth-order valence-electron chi connectivity index (χ4n) is 3.25. The number of hydrogen-bond acceptors (Lipinski definition) is 5. The van der Waals surface area contributed by atoms with E-state index in [9.17, 15) is 9.59 Å². The van der Waals surface area contributed by atoms with E-state index < -0.39 is 5.97 Å². The molecule has 166 valence electrons. The third kappa shape index (κ3) is 5.27. The van der Waals surface area contributed by atoms with Crippen molar-refractivity contribution in [1.29, 1.82) is 0 Å². The Bertz CT molecular complexity index is 1380. The van der Waals surface area contributed by atoms with Crippen molar-refractivity contribution in [2.45, 2.75) is 13.8 Å². The first-order valence-electron chi connectivity index (χ1n) is 10.3. The van der Waals surface area contributed by atoms with Gasteiger partial charge in [-0.15, -0.1) is 0 Å². The molecule has 8 heteroatoms. The van der Waals surface area contributed by atoms with Gasteiger partial charge in [-0.25, -0.2) is 14.3 Å². The lowest BCUT2D eigenvalue weighted by Gasteiger charge is -2.10. The zero-order valence-corrected chi connectivity index (χ0v) is 18.8. The van der Waals surface area contributed by atoms with Gasteiger partial charge in [-0.05, 0) is 61.4 Å². The van der Waals surface area contributed by atoms with Gasteiger partial charge in [0, 0.05) is 22.9 Å². The van der Waals surface area contributed by atoms with Crippen LogP contribution in [0.4, 0.5) is 5.69 Å². The second-order valence-corrected chi connectivity index (χ2v) is 7.67. The van der Waals surface area contributed by atoms with Crippen LogP contribution >= 0.6 is 11.6 Å². The number of hydrogen-bond donors (Lipinski definition) is 1. The summed E-state index contributed by atoms with van der Waals surface area (Å²) in [5, 5.41) is 7.55. The largest absolute Gasteiger partial charge is 0.463 e. The third-order valence-corrected chi connectivity index (χ3v) is 5.12. The van der Waals surface area contributed by atoms with Gasteiger partial charge in [-0.3, -0.25) is 4.79 Å². The lowest BCUT2D eigenvalue weighted by Crippen LogP contribution is -2.13. The molecule has 0 aliphatic carbocycles. The second kappa shape index (κ2) is 9.67. The van der Waals surface area contributed by atoms with Gasteiger partial charge < -0.3 is 10.1 Å². The summed E-state index contributed by atoms with van der Waals surface area (Å²) < 4.78 is 6.50. The molecule has 4 aromatic rings. The molecular weight excluding hydrogens is 440 g/mol. The van der Waals surface area contributed by atoms with Crippen molar-refractivity contribution >= 4 is 40.9 Å². The predicted molar refractivity (Wildman–Crippen MR) is 128 cm³/mol. The molecule has 0 fully saturated rings. The van der Waals surface area contributed by atoms with Crippen molar-refractivity contribution in [3.63, 3.8) is 0 Å². The summed E-state index contributed by atoms with van der Waals surface area (Å²) in [5.74, 6) is -0.686. The molecule has 0 aliphatic heterocycles. The minimum atomic E-state index is -0.427. The molecular formula is C25H21ClN4O3. The number of amides is 1. The van der Waals surface area contributed by atoms with Crippen LogP contribution in [-0.4, -0.2) is 33.1 Å². The van der Waals surface area contributed by atoms with Gasteiger partial charge in [-0.1, -0.05) is 35.9 Å². The number of fused-ring (bicyclic) bond motifs is 1. The summed E-state index contributed by atoms with van der Waals surface area (Å²) in [5.41, 5.74) is 5.00. The van der Waals surface area contributed by atoms with Gasteiger partial charge in [0.25, 0.3) is 5.91 Å². The molecule has 0 unspecified atom stereocenters. The molecule has 0 aliphatic rings. The molecule has 2 heterocycles. The third-order valence-electron chi connectivity index (χ3n) is 4.92. The molecule has 1 N–H and O–H groups in total. The number of halogens is 1. The Morgan fingerprint density at radius 1 is 1.15 bits per heavy atom. The Morgan fingerprint density at radius 3 is 2.82 bits per heavy atom. The number of carbonyl (C=O) groups excluding carboxylic acids is 2. The van der Waals surface area contributed by atoms with Crippen LogP contribution in [0.1, 0.15) is 28.4 Å². The number of carbonyl (C=O) groups is 2. The number of aryl methyl sites for hydroxylation is 1. The van der Waals surface area contributed by atoms with E-state index in [1.165, 1.54) is 6.08 Å². The normalized spacial score (nSPS) is 11.1. The van der Waals surface area contributed by atoms with Crippen molar-refractivity contribution in [2.24, 2.45) is 0 Å². The van der Waals surface area contributed by atoms with Crippen molar-refractivity contribution in [1.82, 2.24) is 14.6 Å². The molecule has 0 bridgehead atoms. The van der Waals surface area contributed by atoms with E-state index in [-0.39, 0.29) is 5.91 Å². The standard InChI is InChI=1S/C25H21ClN4O3/c1-3-33-24(31)12-8-17-5-4-6-19(13-17)25(32)28-20-14-18(9-7-16(20)2)21-15-30-23(27-21)11-10-22(26)29-30/h4-15H,3H2,1-2H3,(H,28,32)/b12-8+. The molecule has 0 saturated heterocycles. The van der Waals surface area contributed by atoms with Crippen molar-refractivity contribution in [2.75, 3.05) is 11.9 Å². The minimum absolute atomic E-state index is 0.259. The highest BCUT2D eigenvalue weighted by molar-refractivity contribution is 6.29. The molecule has 2 aromatic heterocycles. The van der Waals surface area contributed by atoms with E-state index in [1.54, 1.807) is 54.0 Å². The monoisotopic (exact) mass is 460 g/mol. The number of rotatable bonds is 6. The van der Waals surface area contributed by atoms with Gasteiger partial charge in [0.2, 0.25) is 0 Å². The van der Waals surface area contributed by atoms with Gasteiger partial charge in [0.05, 0.1) is 18.5 Å². The van der Waals surface area contributed by atoms with Gasteiger partial charge in [0.1, 0.15) is 5.15 Å². The highest BCUT2D eigenvalue weighted by Gasteiger charge is 2.12. The number of nitrogens with zero attached hydrogens (tertiary/aromatic N) is 3. The number of benzene rings is 2. The van der Waals surface area contributed by atoms with Crippen LogP contribution < -0.4 is 5.32 Å². The average Bonchev–Trinajstić information content (AvgIpc) is 3.22. The molecule has 2 aromatic carbocycles. The number of anilines is 1. The van der Waals surface area contributed by atoms with E-state index in [0.29, 0.717) is 34.4 Å². The van der Waals surface area contributed by atoms with Crippen LogP contribution in [0.15, 0.2) is 66.9 Å². The summed E-state index contributed by atoms with van der Waals surface area (Å²) in [4.78, 5) is 29.0. The van der Waals surface area contributed by atoms with Crippen LogP contribution in [0.3, 0.4) is 0 Å². The van der Waals surface area contributed by atoms with E-state index in [2.05, 4.69) is 15.4 Å². The fourth-order valence-corrected chi connectivity index (χ4v) is 3.39. The molecule has 0 atom stereocenters. The van der Waals surface area contributed by atoms with E-state index >= 15 is 0 Å². The summed E-state index contributed by atoms with van der Waals surface area (Å²) >= 11 is 5.96. The maximum absolute atomic E-state index is 12.9. The summed E-state index contributed by atoms with van der Waals surface area (Å²) in [6.45, 7) is 3.97. The molecule has 0 saturated carbocycles. The molecule has 7 nitrogen and oxygen atoms in total. The van der Waals surface area contributed by atoms with Crippen LogP contribution in [-0.2, 0) is 9.53 Å². The summed E-state index contributed by atoms with van der Waals surface area (Å²) in [6, 6.07) is 16.2. The topological polar surface area (TPSA) is 85.6 Å². The first kappa shape index (κ1) is 22.2. The molecule has 1 amide bonds. The molecule has 33 heavy (non-hydrogen) atoms. The van der Waals surface area contributed by atoms with Crippen LogP contribution in [0, 0.1) is 6.92 Å².